The van der Waals surface area contributed by atoms with E-state index in [1.54, 1.807) is 20.8 Å². The first kappa shape index (κ1) is 17.9. The number of halogens is 2. The van der Waals surface area contributed by atoms with Crippen molar-refractivity contribution in [2.45, 2.75) is 45.3 Å². The van der Waals surface area contributed by atoms with E-state index in [1.807, 2.05) is 0 Å². The van der Waals surface area contributed by atoms with Crippen LogP contribution in [0.25, 0.3) is 0 Å². The molecule has 0 aliphatic carbocycles. The van der Waals surface area contributed by atoms with Gasteiger partial charge in [-0.15, -0.1) is 0 Å². The summed E-state index contributed by atoms with van der Waals surface area (Å²) in [7, 11) is 0. The molecule has 1 rings (SSSR count). The van der Waals surface area contributed by atoms with Crippen molar-refractivity contribution in [3.63, 3.8) is 0 Å². The van der Waals surface area contributed by atoms with Crippen LogP contribution in [0, 0.1) is 11.6 Å². The summed E-state index contributed by atoms with van der Waals surface area (Å²) in [5.41, 5.74) is -0.483. The fraction of sp³-hybridized carbons (Fsp3) is 0.467. The summed E-state index contributed by atoms with van der Waals surface area (Å²) in [4.78, 5) is 22.6. The lowest BCUT2D eigenvalue weighted by Gasteiger charge is -2.23. The third kappa shape index (κ3) is 7.01. The van der Waals surface area contributed by atoms with Gasteiger partial charge in [0.15, 0.2) is 0 Å². The van der Waals surface area contributed by atoms with Crippen molar-refractivity contribution < 1.29 is 28.2 Å². The maximum Gasteiger partial charge on any atom is 0.407 e. The van der Waals surface area contributed by atoms with E-state index in [0.29, 0.717) is 0 Å². The molecule has 0 heterocycles. The Bertz CT molecular complexity index is 535. The smallest absolute Gasteiger partial charge is 0.407 e. The first-order valence-corrected chi connectivity index (χ1v) is 6.71. The van der Waals surface area contributed by atoms with E-state index in [4.69, 9.17) is 9.84 Å². The van der Waals surface area contributed by atoms with Crippen LogP contribution >= 0.6 is 0 Å². The fourth-order valence-electron chi connectivity index (χ4n) is 1.87. The predicted molar refractivity (Wildman–Crippen MR) is 75.5 cm³/mol. The predicted octanol–water partition coefficient (Wildman–Crippen LogP) is 2.88. The lowest BCUT2D eigenvalue weighted by Crippen LogP contribution is -2.41. The largest absolute Gasteiger partial charge is 0.481 e. The highest BCUT2D eigenvalue weighted by atomic mass is 19.1. The second-order valence-corrected chi connectivity index (χ2v) is 5.92. The van der Waals surface area contributed by atoms with Gasteiger partial charge in [0, 0.05) is 12.1 Å². The highest BCUT2D eigenvalue weighted by Gasteiger charge is 2.21. The fourth-order valence-corrected chi connectivity index (χ4v) is 1.87. The van der Waals surface area contributed by atoms with Gasteiger partial charge in [0.05, 0.1) is 6.42 Å². The third-order valence-electron chi connectivity index (χ3n) is 2.55. The molecule has 0 radical (unpaired) electrons. The van der Waals surface area contributed by atoms with Crippen LogP contribution in [-0.2, 0) is 16.0 Å². The maximum atomic E-state index is 13.2. The lowest BCUT2D eigenvalue weighted by atomic mass is 10.0. The number of rotatable bonds is 5. The van der Waals surface area contributed by atoms with E-state index in [2.05, 4.69) is 5.32 Å². The summed E-state index contributed by atoms with van der Waals surface area (Å²) in [6.07, 6.45) is -1.20. The average Bonchev–Trinajstić information content (AvgIpc) is 2.22. The van der Waals surface area contributed by atoms with Crippen molar-refractivity contribution in [3.05, 3.63) is 35.4 Å². The molecule has 1 amide bonds. The van der Waals surface area contributed by atoms with Crippen molar-refractivity contribution in [2.75, 3.05) is 0 Å². The van der Waals surface area contributed by atoms with Crippen molar-refractivity contribution in [3.8, 4) is 0 Å². The number of ether oxygens (including phenoxy) is 1. The number of aliphatic carboxylic acids is 1. The zero-order chi connectivity index (χ0) is 16.9. The molecule has 0 saturated heterocycles. The van der Waals surface area contributed by atoms with Gasteiger partial charge in [-0.2, -0.15) is 0 Å². The van der Waals surface area contributed by atoms with Crippen molar-refractivity contribution >= 4 is 12.1 Å². The quantitative estimate of drug-likeness (QED) is 0.876. The molecule has 1 atom stereocenters. The van der Waals surface area contributed by atoms with Gasteiger partial charge in [-0.05, 0) is 44.9 Å². The zero-order valence-corrected chi connectivity index (χ0v) is 12.7. The first-order valence-electron chi connectivity index (χ1n) is 6.71. The van der Waals surface area contributed by atoms with E-state index >= 15 is 0 Å². The number of alkyl carbamates (subject to hydrolysis) is 1. The summed E-state index contributed by atoms with van der Waals surface area (Å²) >= 11 is 0. The Morgan fingerprint density at radius 3 is 2.23 bits per heavy atom. The SMILES string of the molecule is CC(C)(C)OC(=O)N[C@@H](CC(=O)O)Cc1cc(F)cc(F)c1. The van der Waals surface area contributed by atoms with Crippen molar-refractivity contribution in [1.29, 1.82) is 0 Å². The van der Waals surface area contributed by atoms with Crippen LogP contribution in [0.2, 0.25) is 0 Å². The molecule has 0 aliphatic heterocycles. The van der Waals surface area contributed by atoms with E-state index in [9.17, 15) is 18.4 Å². The highest BCUT2D eigenvalue weighted by molar-refractivity contribution is 5.71. The van der Waals surface area contributed by atoms with Crippen LogP contribution in [0.5, 0.6) is 0 Å². The molecule has 0 unspecified atom stereocenters. The van der Waals surface area contributed by atoms with Gasteiger partial charge in [0.1, 0.15) is 17.2 Å². The molecule has 1 aromatic rings. The minimum absolute atomic E-state index is 0.0276. The minimum atomic E-state index is -1.14. The molecule has 7 heteroatoms. The molecule has 22 heavy (non-hydrogen) atoms. The number of amides is 1. The number of benzene rings is 1. The number of carbonyl (C=O) groups is 2. The number of carbonyl (C=O) groups excluding carboxylic acids is 1. The molecule has 0 fully saturated rings. The standard InChI is InChI=1S/C15H19F2NO4/c1-15(2,3)22-14(21)18-12(8-13(19)20)6-9-4-10(16)7-11(17)5-9/h4-5,7,12H,6,8H2,1-3H3,(H,18,21)(H,19,20)/t12-/m1/s1. The molecule has 122 valence electrons. The molecule has 1 aromatic carbocycles. The second-order valence-electron chi connectivity index (χ2n) is 5.92. The van der Waals surface area contributed by atoms with Gasteiger partial charge in [-0.1, -0.05) is 0 Å². The Labute approximate surface area is 127 Å². The number of nitrogens with one attached hydrogen (secondary N) is 1. The van der Waals surface area contributed by atoms with Crippen molar-refractivity contribution in [1.82, 2.24) is 5.32 Å². The molecule has 0 bridgehead atoms. The van der Waals surface area contributed by atoms with Crippen LogP contribution in [0.4, 0.5) is 13.6 Å². The Balaban J connectivity index is 2.80. The Morgan fingerprint density at radius 2 is 1.77 bits per heavy atom. The van der Waals surface area contributed by atoms with Crippen LogP contribution < -0.4 is 5.32 Å². The summed E-state index contributed by atoms with van der Waals surface area (Å²) < 4.78 is 31.4. The Kier molecular flexibility index (Phi) is 5.84. The van der Waals surface area contributed by atoms with E-state index < -0.39 is 41.8 Å². The van der Waals surface area contributed by atoms with Crippen LogP contribution in [0.15, 0.2) is 18.2 Å². The summed E-state index contributed by atoms with van der Waals surface area (Å²) in [6.45, 7) is 5.00. The monoisotopic (exact) mass is 315 g/mol. The molecule has 0 saturated carbocycles. The van der Waals surface area contributed by atoms with Gasteiger partial charge in [-0.25, -0.2) is 13.6 Å². The van der Waals surface area contributed by atoms with Gasteiger partial charge >= 0.3 is 12.1 Å². The molecule has 0 aromatic heterocycles. The second kappa shape index (κ2) is 7.20. The van der Waals surface area contributed by atoms with Crippen LogP contribution in [-0.4, -0.2) is 28.8 Å². The van der Waals surface area contributed by atoms with Gasteiger partial charge in [0.25, 0.3) is 0 Å². The molecular formula is C15H19F2NO4. The first-order chi connectivity index (χ1) is 10.0. The summed E-state index contributed by atoms with van der Waals surface area (Å²) in [6, 6.07) is 2.06. The summed E-state index contributed by atoms with van der Waals surface area (Å²) in [5, 5.41) is 11.3. The topological polar surface area (TPSA) is 75.6 Å². The van der Waals surface area contributed by atoms with Crippen molar-refractivity contribution in [2.24, 2.45) is 0 Å². The molecule has 2 N–H and O–H groups in total. The van der Waals surface area contributed by atoms with Crippen LogP contribution in [0.1, 0.15) is 32.8 Å². The van der Waals surface area contributed by atoms with E-state index in [0.717, 1.165) is 18.2 Å². The molecule has 0 spiro atoms. The average molecular weight is 315 g/mol. The van der Waals surface area contributed by atoms with E-state index in [1.165, 1.54) is 0 Å². The highest BCUT2D eigenvalue weighted by Crippen LogP contribution is 2.13. The number of carboxylic acids is 1. The minimum Gasteiger partial charge on any atom is -0.481 e. The molecule has 0 aliphatic rings. The van der Waals surface area contributed by atoms with Gasteiger partial charge in [0.2, 0.25) is 0 Å². The summed E-state index contributed by atoms with van der Waals surface area (Å²) in [5.74, 6) is -2.67. The molecule has 5 nitrogen and oxygen atoms in total. The maximum absolute atomic E-state index is 13.2. The van der Waals surface area contributed by atoms with Gasteiger partial charge in [-0.3, -0.25) is 4.79 Å². The van der Waals surface area contributed by atoms with E-state index in [-0.39, 0.29) is 12.0 Å². The Morgan fingerprint density at radius 1 is 1.23 bits per heavy atom. The normalized spacial score (nSPS) is 12.6. The third-order valence-corrected chi connectivity index (χ3v) is 2.55. The lowest BCUT2D eigenvalue weighted by molar-refractivity contribution is -0.137. The zero-order valence-electron chi connectivity index (χ0n) is 12.7. The number of carboxylic acid groups (broad SMARTS) is 1. The van der Waals surface area contributed by atoms with Gasteiger partial charge < -0.3 is 15.2 Å². The number of hydrogen-bond acceptors (Lipinski definition) is 3. The molecular weight excluding hydrogens is 296 g/mol. The number of hydrogen-bond donors (Lipinski definition) is 2. The van der Waals surface area contributed by atoms with Crippen LogP contribution in [0.3, 0.4) is 0 Å². The Hall–Kier alpha value is -2.18.